The number of nitrogens with one attached hydrogen (secondary N) is 1. The summed E-state index contributed by atoms with van der Waals surface area (Å²) in [5, 5.41) is 3.09. The topological polar surface area (TPSA) is 77.0 Å². The van der Waals surface area contributed by atoms with Crippen LogP contribution in [0.5, 0.6) is 6.01 Å². The summed E-state index contributed by atoms with van der Waals surface area (Å²) >= 11 is 1.38. The van der Waals surface area contributed by atoms with Gasteiger partial charge in [-0.2, -0.15) is 0 Å². The van der Waals surface area contributed by atoms with Crippen molar-refractivity contribution in [2.45, 2.75) is 44.8 Å². The van der Waals surface area contributed by atoms with Crippen LogP contribution in [0.15, 0.2) is 24.0 Å². The molecule has 7 heteroatoms. The molecule has 0 bridgehead atoms. The lowest BCUT2D eigenvalue weighted by molar-refractivity contribution is 0.0888. The lowest BCUT2D eigenvalue weighted by Gasteiger charge is -2.28. The molecule has 0 spiro atoms. The van der Waals surface area contributed by atoms with Gasteiger partial charge in [0.25, 0.3) is 5.91 Å². The maximum atomic E-state index is 12.2. The van der Waals surface area contributed by atoms with Crippen LogP contribution < -0.4 is 10.1 Å². The first-order valence-electron chi connectivity index (χ1n) is 7.37. The van der Waals surface area contributed by atoms with E-state index >= 15 is 0 Å². The van der Waals surface area contributed by atoms with E-state index in [0.29, 0.717) is 10.9 Å². The standard InChI is InChI=1S/C15H18N4O2S/c1-10-13(22-9-18-10)14(20)19-11-3-5-12(6-4-11)21-15-16-7-2-8-17-15/h2,7-9,11-12H,3-6H2,1H3,(H,19,20). The van der Waals surface area contributed by atoms with Gasteiger partial charge in [-0.3, -0.25) is 4.79 Å². The first-order valence-corrected chi connectivity index (χ1v) is 8.25. The van der Waals surface area contributed by atoms with E-state index < -0.39 is 0 Å². The highest BCUT2D eigenvalue weighted by atomic mass is 32.1. The van der Waals surface area contributed by atoms with Crippen LogP contribution in [0.1, 0.15) is 41.0 Å². The minimum atomic E-state index is -0.0178. The van der Waals surface area contributed by atoms with Crippen molar-refractivity contribution < 1.29 is 9.53 Å². The number of rotatable bonds is 4. The molecule has 2 aromatic heterocycles. The lowest BCUT2D eigenvalue weighted by Crippen LogP contribution is -2.39. The molecule has 2 heterocycles. The molecule has 0 aromatic carbocycles. The maximum Gasteiger partial charge on any atom is 0.316 e. The zero-order valence-corrected chi connectivity index (χ0v) is 13.2. The van der Waals surface area contributed by atoms with Crippen LogP contribution in [0.25, 0.3) is 0 Å². The van der Waals surface area contributed by atoms with Gasteiger partial charge in [-0.05, 0) is 38.7 Å². The predicted octanol–water partition coefficient (Wildman–Crippen LogP) is 2.36. The van der Waals surface area contributed by atoms with Crippen molar-refractivity contribution in [1.29, 1.82) is 0 Å². The Morgan fingerprint density at radius 2 is 1.95 bits per heavy atom. The first kappa shape index (κ1) is 14.9. The molecular weight excluding hydrogens is 300 g/mol. The van der Waals surface area contributed by atoms with Crippen LogP contribution in [0.2, 0.25) is 0 Å². The number of hydrogen-bond acceptors (Lipinski definition) is 6. The van der Waals surface area contributed by atoms with Gasteiger partial charge in [0.05, 0.1) is 11.2 Å². The minimum absolute atomic E-state index is 0.0178. The molecular formula is C15H18N4O2S. The highest BCUT2D eigenvalue weighted by Crippen LogP contribution is 2.23. The van der Waals surface area contributed by atoms with Crippen molar-refractivity contribution in [3.05, 3.63) is 34.5 Å². The van der Waals surface area contributed by atoms with Crippen molar-refractivity contribution in [3.63, 3.8) is 0 Å². The molecule has 6 nitrogen and oxygen atoms in total. The Morgan fingerprint density at radius 1 is 1.23 bits per heavy atom. The number of thiazole rings is 1. The van der Waals surface area contributed by atoms with Crippen molar-refractivity contribution in [2.75, 3.05) is 0 Å². The van der Waals surface area contributed by atoms with Gasteiger partial charge < -0.3 is 10.1 Å². The summed E-state index contributed by atoms with van der Waals surface area (Å²) < 4.78 is 5.76. The number of nitrogens with zero attached hydrogens (tertiary/aromatic N) is 3. The van der Waals surface area contributed by atoms with E-state index in [-0.39, 0.29) is 18.1 Å². The molecule has 1 aliphatic rings. The number of aryl methyl sites for hydroxylation is 1. The zero-order valence-electron chi connectivity index (χ0n) is 12.4. The molecule has 1 fully saturated rings. The van der Waals surface area contributed by atoms with Gasteiger partial charge in [0, 0.05) is 18.4 Å². The fraction of sp³-hybridized carbons (Fsp3) is 0.467. The van der Waals surface area contributed by atoms with Crippen LogP contribution in [-0.4, -0.2) is 33.0 Å². The second-order valence-electron chi connectivity index (χ2n) is 5.36. The molecule has 1 N–H and O–H groups in total. The fourth-order valence-electron chi connectivity index (χ4n) is 2.59. The molecule has 1 amide bonds. The second kappa shape index (κ2) is 6.83. The molecule has 1 saturated carbocycles. The molecule has 0 unspecified atom stereocenters. The average Bonchev–Trinajstić information content (AvgIpc) is 2.96. The van der Waals surface area contributed by atoms with Crippen molar-refractivity contribution >= 4 is 17.2 Å². The van der Waals surface area contributed by atoms with E-state index in [2.05, 4.69) is 20.3 Å². The van der Waals surface area contributed by atoms with Crippen LogP contribution in [0.4, 0.5) is 0 Å². The Labute approximate surface area is 133 Å². The third-order valence-corrected chi connectivity index (χ3v) is 4.70. The number of carbonyl (C=O) groups excluding carboxylic acids is 1. The number of aromatic nitrogens is 3. The second-order valence-corrected chi connectivity index (χ2v) is 6.22. The van der Waals surface area contributed by atoms with E-state index in [9.17, 15) is 4.79 Å². The number of amides is 1. The Balaban J connectivity index is 1.48. The zero-order chi connectivity index (χ0) is 15.4. The summed E-state index contributed by atoms with van der Waals surface area (Å²) in [7, 11) is 0. The van der Waals surface area contributed by atoms with Crippen LogP contribution in [-0.2, 0) is 0 Å². The third-order valence-electron chi connectivity index (χ3n) is 3.78. The molecule has 2 aromatic rings. The largest absolute Gasteiger partial charge is 0.460 e. The Kier molecular flexibility index (Phi) is 4.62. The summed E-state index contributed by atoms with van der Waals surface area (Å²) in [4.78, 5) is 25.1. The minimum Gasteiger partial charge on any atom is -0.460 e. The Bertz CT molecular complexity index is 623. The van der Waals surface area contributed by atoms with Crippen LogP contribution in [0, 0.1) is 6.92 Å². The van der Waals surface area contributed by atoms with Crippen LogP contribution in [0.3, 0.4) is 0 Å². The van der Waals surface area contributed by atoms with Gasteiger partial charge in [-0.1, -0.05) is 0 Å². The first-order chi connectivity index (χ1) is 10.7. The summed E-state index contributed by atoms with van der Waals surface area (Å²) in [6.07, 6.45) is 7.07. The summed E-state index contributed by atoms with van der Waals surface area (Å²) in [6.45, 7) is 1.86. The van der Waals surface area contributed by atoms with Crippen molar-refractivity contribution in [3.8, 4) is 6.01 Å². The van der Waals surface area contributed by atoms with Gasteiger partial charge >= 0.3 is 6.01 Å². The molecule has 0 radical (unpaired) electrons. The van der Waals surface area contributed by atoms with Gasteiger partial charge in [0.15, 0.2) is 0 Å². The molecule has 0 atom stereocenters. The maximum absolute atomic E-state index is 12.2. The van der Waals surface area contributed by atoms with Gasteiger partial charge in [-0.15, -0.1) is 11.3 Å². The quantitative estimate of drug-likeness (QED) is 0.936. The van der Waals surface area contributed by atoms with E-state index in [0.717, 1.165) is 31.4 Å². The average molecular weight is 318 g/mol. The highest BCUT2D eigenvalue weighted by molar-refractivity contribution is 7.11. The number of carbonyl (C=O) groups is 1. The van der Waals surface area contributed by atoms with E-state index in [1.807, 2.05) is 6.92 Å². The fourth-order valence-corrected chi connectivity index (χ4v) is 3.30. The summed E-state index contributed by atoms with van der Waals surface area (Å²) in [5.41, 5.74) is 2.50. The van der Waals surface area contributed by atoms with Gasteiger partial charge in [0.1, 0.15) is 11.0 Å². The molecule has 0 aliphatic heterocycles. The van der Waals surface area contributed by atoms with Gasteiger partial charge in [0.2, 0.25) is 0 Å². The molecule has 1 aliphatic carbocycles. The summed E-state index contributed by atoms with van der Waals surface area (Å²) in [5.74, 6) is -0.0178. The SMILES string of the molecule is Cc1ncsc1C(=O)NC1CCC(Oc2ncccn2)CC1. The van der Waals surface area contributed by atoms with Gasteiger partial charge in [-0.25, -0.2) is 15.0 Å². The van der Waals surface area contributed by atoms with E-state index in [4.69, 9.17) is 4.74 Å². The van der Waals surface area contributed by atoms with E-state index in [1.165, 1.54) is 11.3 Å². The Hall–Kier alpha value is -2.02. The predicted molar refractivity (Wildman–Crippen MR) is 83.0 cm³/mol. The normalized spacial score (nSPS) is 21.3. The lowest BCUT2D eigenvalue weighted by atomic mass is 9.93. The number of ether oxygens (including phenoxy) is 1. The van der Waals surface area contributed by atoms with Crippen molar-refractivity contribution in [1.82, 2.24) is 20.3 Å². The van der Waals surface area contributed by atoms with E-state index in [1.54, 1.807) is 24.0 Å². The molecule has 0 saturated heterocycles. The highest BCUT2D eigenvalue weighted by Gasteiger charge is 2.25. The molecule has 22 heavy (non-hydrogen) atoms. The summed E-state index contributed by atoms with van der Waals surface area (Å²) in [6, 6.07) is 2.39. The Morgan fingerprint density at radius 3 is 2.59 bits per heavy atom. The smallest absolute Gasteiger partial charge is 0.316 e. The van der Waals surface area contributed by atoms with Crippen LogP contribution >= 0.6 is 11.3 Å². The number of hydrogen-bond donors (Lipinski definition) is 1. The molecule has 3 rings (SSSR count). The third kappa shape index (κ3) is 3.59. The van der Waals surface area contributed by atoms with Crippen molar-refractivity contribution in [2.24, 2.45) is 0 Å². The monoisotopic (exact) mass is 318 g/mol. The molecule has 116 valence electrons.